The lowest BCUT2D eigenvalue weighted by Gasteiger charge is -2.21. The van der Waals surface area contributed by atoms with Crippen molar-refractivity contribution >= 4 is 31.8 Å². The molecule has 0 aromatic heterocycles. The third-order valence-electron chi connectivity index (χ3n) is 1.12. The lowest BCUT2D eigenvalue weighted by molar-refractivity contribution is -0.00696. The number of hydrogen-bond acceptors (Lipinski definition) is 3. The third kappa shape index (κ3) is 14.7. The molecule has 0 aromatic rings. The Hall–Kier alpha value is 0.650. The second-order valence-corrected chi connectivity index (χ2v) is 5.66. The van der Waals surface area contributed by atoms with Gasteiger partial charge in [-0.1, -0.05) is 0 Å². The van der Waals surface area contributed by atoms with Gasteiger partial charge in [-0.25, -0.2) is 4.57 Å². The Bertz CT molecular complexity index is 212. The number of halogens is 2. The zero-order chi connectivity index (χ0) is 11.4. The van der Waals surface area contributed by atoms with Gasteiger partial charge in [0.05, 0.1) is 24.2 Å². The van der Waals surface area contributed by atoms with Crippen molar-refractivity contribution in [3.05, 3.63) is 0 Å². The molecular formula is C7H17Cl2O5P. The van der Waals surface area contributed by atoms with Gasteiger partial charge < -0.3 is 14.5 Å². The zero-order valence-electron chi connectivity index (χ0n) is 8.84. The molecule has 1 atom stereocenters. The molecule has 0 rings (SSSR count). The van der Waals surface area contributed by atoms with Gasteiger partial charge in [-0.05, 0) is 20.8 Å². The number of rotatable bonds is 5. The number of phosphoric ester groups is 1. The van der Waals surface area contributed by atoms with Gasteiger partial charge >= 0.3 is 7.82 Å². The van der Waals surface area contributed by atoms with Crippen molar-refractivity contribution in [3.63, 3.8) is 0 Å². The summed E-state index contributed by atoms with van der Waals surface area (Å²) < 4.78 is 19.8. The van der Waals surface area contributed by atoms with E-state index in [0.29, 0.717) is 0 Å². The Morgan fingerprint density at radius 3 is 2.13 bits per heavy atom. The first-order valence-electron chi connectivity index (χ1n) is 4.08. The number of hydrogen-bond donors (Lipinski definition) is 2. The zero-order valence-corrected chi connectivity index (χ0v) is 11.3. The van der Waals surface area contributed by atoms with E-state index in [9.17, 15) is 4.57 Å². The minimum Gasteiger partial charge on any atom is -0.374 e. The predicted molar refractivity (Wildman–Crippen MR) is 60.6 cm³/mol. The highest BCUT2D eigenvalue weighted by Crippen LogP contribution is 2.36. The van der Waals surface area contributed by atoms with E-state index < -0.39 is 13.2 Å². The van der Waals surface area contributed by atoms with E-state index in [-0.39, 0.29) is 31.2 Å². The summed E-state index contributed by atoms with van der Waals surface area (Å²) in [5, 5.41) is -0.568. The van der Waals surface area contributed by atoms with Crippen LogP contribution in [0, 0.1) is 0 Å². The fourth-order valence-electron chi connectivity index (χ4n) is 0.567. The van der Waals surface area contributed by atoms with Crippen LogP contribution >= 0.6 is 31.8 Å². The van der Waals surface area contributed by atoms with E-state index in [2.05, 4.69) is 4.52 Å². The second kappa shape index (κ2) is 7.07. The Morgan fingerprint density at radius 1 is 1.33 bits per heavy atom. The summed E-state index contributed by atoms with van der Waals surface area (Å²) >= 11 is 5.70. The number of ether oxygens (including phenoxy) is 1. The summed E-state index contributed by atoms with van der Waals surface area (Å²) in [5.41, 5.74) is -0.324. The first-order valence-corrected chi connectivity index (χ1v) is 6.05. The van der Waals surface area contributed by atoms with Gasteiger partial charge in [-0.15, -0.1) is 24.0 Å². The van der Waals surface area contributed by atoms with Gasteiger partial charge in [0.1, 0.15) is 0 Å². The van der Waals surface area contributed by atoms with Crippen LogP contribution in [0.25, 0.3) is 0 Å². The average Bonchev–Trinajstić information content (AvgIpc) is 1.94. The van der Waals surface area contributed by atoms with Crippen molar-refractivity contribution in [1.29, 1.82) is 0 Å². The molecule has 0 aromatic carbocycles. The van der Waals surface area contributed by atoms with Crippen LogP contribution in [0.4, 0.5) is 0 Å². The molecule has 0 spiro atoms. The van der Waals surface area contributed by atoms with Crippen LogP contribution in [0.15, 0.2) is 0 Å². The van der Waals surface area contributed by atoms with E-state index in [1.165, 1.54) is 0 Å². The smallest absolute Gasteiger partial charge is 0.374 e. The van der Waals surface area contributed by atoms with E-state index in [4.69, 9.17) is 26.1 Å². The Morgan fingerprint density at radius 2 is 1.80 bits per heavy atom. The largest absolute Gasteiger partial charge is 0.469 e. The molecule has 5 nitrogen and oxygen atoms in total. The summed E-state index contributed by atoms with van der Waals surface area (Å²) in [5.74, 6) is 0. The molecule has 0 amide bonds. The third-order valence-corrected chi connectivity index (χ3v) is 1.86. The van der Waals surface area contributed by atoms with Crippen LogP contribution in [0.3, 0.4) is 0 Å². The quantitative estimate of drug-likeness (QED) is 0.595. The van der Waals surface area contributed by atoms with Gasteiger partial charge in [-0.3, -0.25) is 4.52 Å². The summed E-state index contributed by atoms with van der Waals surface area (Å²) in [4.78, 5) is 16.8. The van der Waals surface area contributed by atoms with Gasteiger partial charge in [-0.2, -0.15) is 0 Å². The lowest BCUT2D eigenvalue weighted by Crippen LogP contribution is -2.25. The molecule has 0 fully saturated rings. The van der Waals surface area contributed by atoms with Crippen LogP contribution in [0.1, 0.15) is 20.8 Å². The van der Waals surface area contributed by atoms with Gasteiger partial charge in [0.25, 0.3) is 0 Å². The molecule has 0 bridgehead atoms. The van der Waals surface area contributed by atoms with Crippen molar-refractivity contribution < 1.29 is 23.6 Å². The van der Waals surface area contributed by atoms with Crippen LogP contribution in [0.5, 0.6) is 0 Å². The number of phosphoric acid groups is 1. The van der Waals surface area contributed by atoms with Crippen molar-refractivity contribution in [2.24, 2.45) is 0 Å². The van der Waals surface area contributed by atoms with Gasteiger partial charge in [0, 0.05) is 0 Å². The monoisotopic (exact) mass is 282 g/mol. The van der Waals surface area contributed by atoms with Crippen LogP contribution < -0.4 is 0 Å². The highest BCUT2D eigenvalue weighted by atomic mass is 35.5. The van der Waals surface area contributed by atoms with Crippen molar-refractivity contribution in [3.8, 4) is 0 Å². The predicted octanol–water partition coefficient (Wildman–Crippen LogP) is 1.94. The standard InChI is InChI=1S/C7H16ClO5P.ClH/c1-7(2,3)12-4-6(8)5-13-14(9,10)11;/h6H,4-5H2,1-3H3,(H2,9,10,11);1H. The molecule has 0 saturated carbocycles. The lowest BCUT2D eigenvalue weighted by atomic mass is 10.2. The molecule has 0 saturated heterocycles. The maximum atomic E-state index is 10.3. The topological polar surface area (TPSA) is 76.0 Å². The summed E-state index contributed by atoms with van der Waals surface area (Å²) in [6.07, 6.45) is 0. The molecule has 0 aliphatic carbocycles. The maximum Gasteiger partial charge on any atom is 0.469 e. The molecule has 0 aliphatic rings. The minimum atomic E-state index is -4.42. The fraction of sp³-hybridized carbons (Fsp3) is 1.00. The Balaban J connectivity index is 0. The van der Waals surface area contributed by atoms with E-state index >= 15 is 0 Å². The highest BCUT2D eigenvalue weighted by molar-refractivity contribution is 7.46. The molecule has 94 valence electrons. The molecule has 15 heavy (non-hydrogen) atoms. The van der Waals surface area contributed by atoms with E-state index in [1.54, 1.807) is 0 Å². The Kier molecular flexibility index (Phi) is 8.50. The Labute approximate surface area is 101 Å². The molecule has 1 unspecified atom stereocenters. The first kappa shape index (κ1) is 18.0. The summed E-state index contributed by atoms with van der Waals surface area (Å²) in [6.45, 7) is 5.54. The van der Waals surface area contributed by atoms with E-state index in [1.807, 2.05) is 20.8 Å². The van der Waals surface area contributed by atoms with Crippen LogP contribution in [-0.2, 0) is 13.8 Å². The molecule has 2 N–H and O–H groups in total. The van der Waals surface area contributed by atoms with Crippen LogP contribution in [0.2, 0.25) is 0 Å². The van der Waals surface area contributed by atoms with Crippen molar-refractivity contribution in [2.45, 2.75) is 31.7 Å². The van der Waals surface area contributed by atoms with Gasteiger partial charge in [0.15, 0.2) is 0 Å². The fourth-order valence-corrected chi connectivity index (χ4v) is 1.15. The van der Waals surface area contributed by atoms with Crippen molar-refractivity contribution in [2.75, 3.05) is 13.2 Å². The normalized spacial score (nSPS) is 14.5. The van der Waals surface area contributed by atoms with Gasteiger partial charge in [0.2, 0.25) is 0 Å². The second-order valence-electron chi connectivity index (χ2n) is 3.81. The SMILES string of the molecule is CC(C)(C)OCC(Cl)COP(=O)(O)O.Cl. The molecule has 8 heteroatoms. The van der Waals surface area contributed by atoms with Crippen LogP contribution in [-0.4, -0.2) is 34.0 Å². The maximum absolute atomic E-state index is 10.3. The first-order chi connectivity index (χ1) is 6.10. The molecule has 0 radical (unpaired) electrons. The summed E-state index contributed by atoms with van der Waals surface area (Å²) in [7, 11) is -4.42. The highest BCUT2D eigenvalue weighted by Gasteiger charge is 2.19. The number of alkyl halides is 1. The minimum absolute atomic E-state index is 0. The summed E-state index contributed by atoms with van der Waals surface area (Å²) in [6, 6.07) is 0. The molecule has 0 heterocycles. The molecular weight excluding hydrogens is 266 g/mol. The van der Waals surface area contributed by atoms with E-state index in [0.717, 1.165) is 0 Å². The molecule has 0 aliphatic heterocycles. The van der Waals surface area contributed by atoms with Crippen molar-refractivity contribution in [1.82, 2.24) is 0 Å². The average molecular weight is 283 g/mol.